The molecule has 1 aliphatic heterocycles. The van der Waals surface area contributed by atoms with E-state index in [0.29, 0.717) is 25.2 Å². The third-order valence-electron chi connectivity index (χ3n) is 7.01. The van der Waals surface area contributed by atoms with Crippen molar-refractivity contribution in [3.05, 3.63) is 70.2 Å². The zero-order valence-corrected chi connectivity index (χ0v) is 21.4. The molecule has 1 aromatic carbocycles. The zero-order valence-electron chi connectivity index (χ0n) is 21.4. The van der Waals surface area contributed by atoms with Crippen molar-refractivity contribution in [2.24, 2.45) is 0 Å². The minimum Gasteiger partial charge on any atom is -0.507 e. The van der Waals surface area contributed by atoms with Gasteiger partial charge in [0, 0.05) is 37.4 Å². The third kappa shape index (κ3) is 4.69. The number of phenols is 1. The summed E-state index contributed by atoms with van der Waals surface area (Å²) < 4.78 is 58.2. The summed E-state index contributed by atoms with van der Waals surface area (Å²) in [5.74, 6) is -2.86. The van der Waals surface area contributed by atoms with Crippen molar-refractivity contribution in [2.75, 3.05) is 24.5 Å². The van der Waals surface area contributed by atoms with Crippen LogP contribution < -0.4 is 15.9 Å². The highest BCUT2D eigenvalue weighted by molar-refractivity contribution is 5.91. The lowest BCUT2D eigenvalue weighted by atomic mass is 10.0. The van der Waals surface area contributed by atoms with Crippen molar-refractivity contribution < 1.29 is 22.7 Å². The van der Waals surface area contributed by atoms with E-state index in [1.807, 2.05) is 11.8 Å². The van der Waals surface area contributed by atoms with Crippen LogP contribution in [-0.2, 0) is 0 Å². The molecule has 1 unspecified atom stereocenters. The summed E-state index contributed by atoms with van der Waals surface area (Å²) in [4.78, 5) is 28.3. The van der Waals surface area contributed by atoms with E-state index in [1.54, 1.807) is 19.1 Å². The molecule has 8 nitrogen and oxygen atoms in total. The van der Waals surface area contributed by atoms with E-state index in [-0.39, 0.29) is 51.3 Å². The number of anilines is 1. The normalized spacial score (nSPS) is 17.0. The molecule has 3 aromatic heterocycles. The fourth-order valence-corrected chi connectivity index (χ4v) is 4.88. The number of para-hydroxylation sites is 1. The highest BCUT2D eigenvalue weighted by Crippen LogP contribution is 2.39. The molecule has 1 aliphatic rings. The van der Waals surface area contributed by atoms with Gasteiger partial charge in [-0.15, -0.1) is 0 Å². The molecule has 12 heteroatoms. The SMILES string of the molecule is Cc1ccnc(C(C)C(F)(F)F)c1-n1c(=O)nc(N2CCNC[C@@H]2C)c2cc(F)c(-c3ccccc3O)nc21. The lowest BCUT2D eigenvalue weighted by Crippen LogP contribution is -2.50. The molecule has 1 saturated heterocycles. The van der Waals surface area contributed by atoms with Gasteiger partial charge in [-0.05, 0) is 50.6 Å². The summed E-state index contributed by atoms with van der Waals surface area (Å²) in [6.45, 7) is 6.09. The van der Waals surface area contributed by atoms with Crippen LogP contribution in [0.5, 0.6) is 5.75 Å². The highest BCUT2D eigenvalue weighted by atomic mass is 19.4. The van der Waals surface area contributed by atoms with Gasteiger partial charge in [0.2, 0.25) is 0 Å². The number of alkyl halides is 3. The summed E-state index contributed by atoms with van der Waals surface area (Å²) >= 11 is 0. The topological polar surface area (TPSA) is 96.2 Å². The van der Waals surface area contributed by atoms with Gasteiger partial charge in [0.05, 0.1) is 22.7 Å². The number of fused-ring (bicyclic) bond motifs is 1. The maximum Gasteiger partial charge on any atom is 0.397 e. The summed E-state index contributed by atoms with van der Waals surface area (Å²) in [5.41, 5.74) is -1.33. The second-order valence-electron chi connectivity index (χ2n) is 9.63. The standard InChI is InChI=1S/C27H26F4N6O2/c1-14-8-9-33-21(16(3)27(29,30)31)23(14)37-25-18(24(35-26(37)39)36-11-10-32-13-15(36)2)12-19(28)22(34-25)17-6-4-5-7-20(17)38/h4-9,12,15-16,32,38H,10-11,13H2,1-3H3/t15-,16?/m0/s1. The first-order valence-electron chi connectivity index (χ1n) is 12.4. The van der Waals surface area contributed by atoms with Crippen LogP contribution in [-0.4, -0.2) is 56.5 Å². The Balaban J connectivity index is 1.90. The number of benzene rings is 1. The molecule has 2 N–H and O–H groups in total. The molecular formula is C27H26F4N6O2. The average molecular weight is 543 g/mol. The summed E-state index contributed by atoms with van der Waals surface area (Å²) in [6.07, 6.45) is -3.40. The number of aromatic hydroxyl groups is 1. The highest BCUT2D eigenvalue weighted by Gasteiger charge is 2.40. The number of pyridine rings is 2. The molecule has 0 amide bonds. The van der Waals surface area contributed by atoms with E-state index in [4.69, 9.17) is 0 Å². The van der Waals surface area contributed by atoms with Crippen LogP contribution in [0, 0.1) is 12.7 Å². The smallest absolute Gasteiger partial charge is 0.397 e. The lowest BCUT2D eigenvalue weighted by molar-refractivity contribution is -0.147. The quantitative estimate of drug-likeness (QED) is 0.368. The molecule has 0 saturated carbocycles. The van der Waals surface area contributed by atoms with Crippen molar-refractivity contribution in [3.63, 3.8) is 0 Å². The average Bonchev–Trinajstić information content (AvgIpc) is 2.88. The molecule has 4 heterocycles. The first kappa shape index (κ1) is 26.5. The van der Waals surface area contributed by atoms with Gasteiger partial charge in [0.25, 0.3) is 0 Å². The number of aromatic nitrogens is 4. The van der Waals surface area contributed by atoms with Crippen molar-refractivity contribution in [3.8, 4) is 22.7 Å². The Morgan fingerprint density at radius 1 is 1.18 bits per heavy atom. The Morgan fingerprint density at radius 2 is 1.92 bits per heavy atom. The number of nitrogens with one attached hydrogen (secondary N) is 1. The van der Waals surface area contributed by atoms with Crippen LogP contribution in [0.3, 0.4) is 0 Å². The van der Waals surface area contributed by atoms with Gasteiger partial charge >= 0.3 is 11.9 Å². The fourth-order valence-electron chi connectivity index (χ4n) is 4.88. The number of hydrogen-bond donors (Lipinski definition) is 2. The molecule has 1 fully saturated rings. The first-order valence-corrected chi connectivity index (χ1v) is 12.4. The van der Waals surface area contributed by atoms with Gasteiger partial charge in [-0.2, -0.15) is 18.2 Å². The number of aryl methyl sites for hydroxylation is 1. The third-order valence-corrected chi connectivity index (χ3v) is 7.01. The molecule has 0 aliphatic carbocycles. The monoisotopic (exact) mass is 542 g/mol. The molecule has 0 bridgehead atoms. The van der Waals surface area contributed by atoms with Crippen LogP contribution in [0.25, 0.3) is 28.0 Å². The van der Waals surface area contributed by atoms with Gasteiger partial charge in [-0.3, -0.25) is 4.98 Å². The van der Waals surface area contributed by atoms with Gasteiger partial charge < -0.3 is 15.3 Å². The number of rotatable bonds is 4. The van der Waals surface area contributed by atoms with E-state index >= 15 is 4.39 Å². The van der Waals surface area contributed by atoms with Crippen molar-refractivity contribution in [1.82, 2.24) is 24.8 Å². The number of halogens is 4. The van der Waals surface area contributed by atoms with Gasteiger partial charge in [0.15, 0.2) is 11.5 Å². The number of piperazine rings is 1. The Labute approximate surface area is 221 Å². The predicted octanol–water partition coefficient (Wildman–Crippen LogP) is 4.46. The van der Waals surface area contributed by atoms with Crippen LogP contribution >= 0.6 is 0 Å². The van der Waals surface area contributed by atoms with E-state index in [9.17, 15) is 23.1 Å². The van der Waals surface area contributed by atoms with Crippen molar-refractivity contribution in [1.29, 1.82) is 0 Å². The summed E-state index contributed by atoms with van der Waals surface area (Å²) in [7, 11) is 0. The zero-order chi connectivity index (χ0) is 28.1. The van der Waals surface area contributed by atoms with Gasteiger partial charge in [-0.25, -0.2) is 18.7 Å². The predicted molar refractivity (Wildman–Crippen MR) is 139 cm³/mol. The molecule has 4 aromatic rings. The van der Waals surface area contributed by atoms with Crippen LogP contribution in [0.1, 0.15) is 31.0 Å². The first-order chi connectivity index (χ1) is 18.5. The number of phenolic OH excluding ortho intramolecular Hbond substituents is 1. The van der Waals surface area contributed by atoms with Gasteiger partial charge in [-0.1, -0.05) is 12.1 Å². The lowest BCUT2D eigenvalue weighted by Gasteiger charge is -2.35. The maximum absolute atomic E-state index is 15.6. The molecular weight excluding hydrogens is 516 g/mol. The summed E-state index contributed by atoms with van der Waals surface area (Å²) in [5, 5.41) is 13.8. The molecule has 2 atom stereocenters. The maximum atomic E-state index is 15.6. The van der Waals surface area contributed by atoms with Crippen LogP contribution in [0.15, 0.2) is 47.4 Å². The molecule has 0 radical (unpaired) electrons. The Hall–Kier alpha value is -4.06. The number of hydrogen-bond acceptors (Lipinski definition) is 7. The minimum absolute atomic E-state index is 0.0663. The van der Waals surface area contributed by atoms with E-state index in [0.717, 1.165) is 17.6 Å². The van der Waals surface area contributed by atoms with E-state index in [2.05, 4.69) is 20.3 Å². The molecule has 204 valence electrons. The van der Waals surface area contributed by atoms with Crippen LogP contribution in [0.2, 0.25) is 0 Å². The number of nitrogens with zero attached hydrogens (tertiary/aromatic N) is 5. The minimum atomic E-state index is -4.64. The largest absolute Gasteiger partial charge is 0.507 e. The molecule has 5 rings (SSSR count). The Bertz CT molecular complexity index is 1620. The van der Waals surface area contributed by atoms with Crippen molar-refractivity contribution >= 4 is 16.9 Å². The second-order valence-corrected chi connectivity index (χ2v) is 9.63. The van der Waals surface area contributed by atoms with Crippen molar-refractivity contribution in [2.45, 2.75) is 38.9 Å². The van der Waals surface area contributed by atoms with E-state index < -0.39 is 23.6 Å². The van der Waals surface area contributed by atoms with Crippen LogP contribution in [0.4, 0.5) is 23.4 Å². The fraction of sp³-hybridized carbons (Fsp3) is 0.333. The van der Waals surface area contributed by atoms with Gasteiger partial charge in [0.1, 0.15) is 17.3 Å². The van der Waals surface area contributed by atoms with E-state index in [1.165, 1.54) is 24.4 Å². The second kappa shape index (κ2) is 9.92. The summed E-state index contributed by atoms with van der Waals surface area (Å²) in [6, 6.07) is 8.51. The Kier molecular flexibility index (Phi) is 6.75. The Morgan fingerprint density at radius 3 is 2.62 bits per heavy atom. The molecule has 39 heavy (non-hydrogen) atoms. The molecule has 0 spiro atoms.